The van der Waals surface area contributed by atoms with Crippen LogP contribution in [-0.2, 0) is 11.4 Å². The van der Waals surface area contributed by atoms with Gasteiger partial charge in [0.2, 0.25) is 8.32 Å². The zero-order valence-electron chi connectivity index (χ0n) is 19.6. The summed E-state index contributed by atoms with van der Waals surface area (Å²) < 4.78 is 17.3. The van der Waals surface area contributed by atoms with Crippen LogP contribution in [0, 0.1) is 13.8 Å². The fraction of sp³-hybridized carbons (Fsp3) is 0.478. The molecule has 0 N–H and O–H groups in total. The maximum Gasteiger partial charge on any atom is 0.250 e. The fourth-order valence-electron chi connectivity index (χ4n) is 2.65. The molecule has 0 fully saturated rings. The normalized spacial score (nSPS) is 12.2. The predicted octanol–water partition coefficient (Wildman–Crippen LogP) is 5.65. The monoisotopic (exact) mass is 430 g/mol. The van der Waals surface area contributed by atoms with Gasteiger partial charge in [-0.3, -0.25) is 4.98 Å². The molecular weight excluding hydrogens is 396 g/mol. The van der Waals surface area contributed by atoms with Gasteiger partial charge >= 0.3 is 0 Å². The molecular formula is C23H34N2O4Si. The van der Waals surface area contributed by atoms with Crippen LogP contribution in [0.4, 0.5) is 0 Å². The van der Waals surface area contributed by atoms with E-state index in [0.717, 1.165) is 28.3 Å². The number of pyridine rings is 1. The second-order valence-corrected chi connectivity index (χ2v) is 13.5. The lowest BCUT2D eigenvalue weighted by atomic mass is 10.2. The Balaban J connectivity index is 2.20. The van der Waals surface area contributed by atoms with Crippen LogP contribution in [-0.4, -0.2) is 33.7 Å². The van der Waals surface area contributed by atoms with E-state index in [9.17, 15) is 0 Å². The van der Waals surface area contributed by atoms with Gasteiger partial charge in [0, 0.05) is 17.3 Å². The Kier molecular flexibility index (Phi) is 7.52. The SMILES string of the molecule is COc1cccc(OC)c1CON=Cc1nc(C)cc(O[Si](C)(C)C(C)(C)C)c1C. The molecule has 0 aliphatic heterocycles. The molecule has 0 atom stereocenters. The van der Waals surface area contributed by atoms with Crippen molar-refractivity contribution in [1.29, 1.82) is 0 Å². The summed E-state index contributed by atoms with van der Waals surface area (Å²) in [4.78, 5) is 10.1. The highest BCUT2D eigenvalue weighted by Crippen LogP contribution is 2.38. The van der Waals surface area contributed by atoms with Gasteiger partial charge < -0.3 is 18.7 Å². The summed E-state index contributed by atoms with van der Waals surface area (Å²) in [6.45, 7) is 15.3. The number of benzene rings is 1. The molecule has 2 aromatic rings. The van der Waals surface area contributed by atoms with Gasteiger partial charge in [-0.1, -0.05) is 32.0 Å². The summed E-state index contributed by atoms with van der Waals surface area (Å²) in [5.41, 5.74) is 3.36. The highest BCUT2D eigenvalue weighted by atomic mass is 28.4. The van der Waals surface area contributed by atoms with Gasteiger partial charge in [-0.05, 0) is 44.1 Å². The highest BCUT2D eigenvalue weighted by Gasteiger charge is 2.39. The summed E-state index contributed by atoms with van der Waals surface area (Å²) in [6, 6.07) is 7.59. The van der Waals surface area contributed by atoms with E-state index in [2.05, 4.69) is 44.0 Å². The zero-order chi connectivity index (χ0) is 22.5. The largest absolute Gasteiger partial charge is 0.543 e. The van der Waals surface area contributed by atoms with Crippen molar-refractivity contribution in [2.45, 2.75) is 59.4 Å². The van der Waals surface area contributed by atoms with Crippen molar-refractivity contribution < 1.29 is 18.7 Å². The van der Waals surface area contributed by atoms with E-state index < -0.39 is 8.32 Å². The molecule has 0 amide bonds. The van der Waals surface area contributed by atoms with E-state index in [1.54, 1.807) is 20.4 Å². The number of methoxy groups -OCH3 is 2. The molecule has 164 valence electrons. The minimum atomic E-state index is -1.96. The van der Waals surface area contributed by atoms with Crippen LogP contribution in [0.15, 0.2) is 29.4 Å². The lowest BCUT2D eigenvalue weighted by Gasteiger charge is -2.37. The molecule has 30 heavy (non-hydrogen) atoms. The Morgan fingerprint density at radius 3 is 2.17 bits per heavy atom. The van der Waals surface area contributed by atoms with Crippen molar-refractivity contribution in [3.63, 3.8) is 0 Å². The number of aromatic nitrogens is 1. The van der Waals surface area contributed by atoms with Crippen LogP contribution in [0.5, 0.6) is 17.2 Å². The molecule has 1 aromatic heterocycles. The van der Waals surface area contributed by atoms with E-state index in [1.165, 1.54) is 0 Å². The quantitative estimate of drug-likeness (QED) is 0.308. The molecule has 7 heteroatoms. The van der Waals surface area contributed by atoms with Crippen molar-refractivity contribution in [2.24, 2.45) is 5.16 Å². The van der Waals surface area contributed by atoms with Crippen LogP contribution in [0.1, 0.15) is 43.3 Å². The smallest absolute Gasteiger partial charge is 0.250 e. The van der Waals surface area contributed by atoms with Gasteiger partial charge in [-0.15, -0.1) is 0 Å². The van der Waals surface area contributed by atoms with E-state index in [4.69, 9.17) is 18.7 Å². The first-order valence-electron chi connectivity index (χ1n) is 10.0. The Labute approximate surface area is 181 Å². The lowest BCUT2D eigenvalue weighted by Crippen LogP contribution is -2.44. The minimum Gasteiger partial charge on any atom is -0.543 e. The van der Waals surface area contributed by atoms with Crippen LogP contribution < -0.4 is 13.9 Å². The van der Waals surface area contributed by atoms with E-state index in [0.29, 0.717) is 11.5 Å². The van der Waals surface area contributed by atoms with Crippen molar-refractivity contribution >= 4 is 14.5 Å². The number of hydrogen-bond acceptors (Lipinski definition) is 6. The van der Waals surface area contributed by atoms with Crippen molar-refractivity contribution in [3.8, 4) is 17.2 Å². The second-order valence-electron chi connectivity index (χ2n) is 8.78. The molecule has 0 saturated carbocycles. The molecule has 0 unspecified atom stereocenters. The molecule has 1 aromatic carbocycles. The molecule has 0 aliphatic rings. The fourth-order valence-corrected chi connectivity index (χ4v) is 3.72. The van der Waals surface area contributed by atoms with Crippen LogP contribution in [0.3, 0.4) is 0 Å². The predicted molar refractivity (Wildman–Crippen MR) is 123 cm³/mol. The molecule has 0 aliphatic carbocycles. The summed E-state index contributed by atoms with van der Waals surface area (Å²) in [7, 11) is 1.28. The van der Waals surface area contributed by atoms with Gasteiger partial charge in [0.15, 0.2) is 0 Å². The third kappa shape index (κ3) is 5.53. The Morgan fingerprint density at radius 1 is 1.03 bits per heavy atom. The first kappa shape index (κ1) is 23.7. The van der Waals surface area contributed by atoms with Crippen molar-refractivity contribution in [1.82, 2.24) is 4.98 Å². The van der Waals surface area contributed by atoms with Gasteiger partial charge in [0.05, 0.1) is 31.7 Å². The summed E-state index contributed by atoms with van der Waals surface area (Å²) >= 11 is 0. The first-order chi connectivity index (χ1) is 14.0. The maximum absolute atomic E-state index is 6.52. The van der Waals surface area contributed by atoms with E-state index in [-0.39, 0.29) is 11.6 Å². The number of nitrogens with zero attached hydrogens (tertiary/aromatic N) is 2. The molecule has 0 radical (unpaired) electrons. The van der Waals surface area contributed by atoms with Gasteiger partial charge in [-0.2, -0.15) is 0 Å². The third-order valence-corrected chi connectivity index (χ3v) is 9.89. The number of ether oxygens (including phenoxy) is 2. The molecule has 0 saturated heterocycles. The highest BCUT2D eigenvalue weighted by molar-refractivity contribution is 6.74. The Hall–Kier alpha value is -2.54. The van der Waals surface area contributed by atoms with E-state index in [1.807, 2.05) is 38.1 Å². The van der Waals surface area contributed by atoms with Crippen molar-refractivity contribution in [2.75, 3.05) is 14.2 Å². The maximum atomic E-state index is 6.52. The standard InChI is InChI=1S/C23H34N2O4Si/c1-16-13-22(29-30(8,9)23(3,4)5)17(2)19(25-16)14-24-28-15-18-20(26-6)11-10-12-21(18)27-7/h10-14H,15H2,1-9H3. The minimum absolute atomic E-state index is 0.113. The second kappa shape index (κ2) is 9.51. The molecule has 1 heterocycles. The van der Waals surface area contributed by atoms with Gasteiger partial charge in [0.1, 0.15) is 23.9 Å². The van der Waals surface area contributed by atoms with Crippen LogP contribution in [0.2, 0.25) is 18.1 Å². The zero-order valence-corrected chi connectivity index (χ0v) is 20.6. The number of hydrogen-bond donors (Lipinski definition) is 0. The van der Waals surface area contributed by atoms with Gasteiger partial charge in [-0.25, -0.2) is 0 Å². The average molecular weight is 431 g/mol. The molecule has 0 bridgehead atoms. The number of rotatable bonds is 8. The lowest BCUT2D eigenvalue weighted by molar-refractivity contribution is 0.127. The number of oxime groups is 1. The van der Waals surface area contributed by atoms with E-state index >= 15 is 0 Å². The number of aryl methyl sites for hydroxylation is 1. The van der Waals surface area contributed by atoms with Gasteiger partial charge in [0.25, 0.3) is 0 Å². The van der Waals surface area contributed by atoms with Crippen LogP contribution >= 0.6 is 0 Å². The van der Waals surface area contributed by atoms with Crippen LogP contribution in [0.25, 0.3) is 0 Å². The topological polar surface area (TPSA) is 62.2 Å². The Bertz CT molecular complexity index is 883. The summed E-state index contributed by atoms with van der Waals surface area (Å²) in [5.74, 6) is 2.25. The molecule has 0 spiro atoms. The Morgan fingerprint density at radius 2 is 1.63 bits per heavy atom. The summed E-state index contributed by atoms with van der Waals surface area (Å²) in [5, 5.41) is 4.25. The third-order valence-electron chi connectivity index (χ3n) is 5.55. The first-order valence-corrected chi connectivity index (χ1v) is 12.9. The summed E-state index contributed by atoms with van der Waals surface area (Å²) in [6.07, 6.45) is 1.63. The van der Waals surface area contributed by atoms with Crippen molar-refractivity contribution in [3.05, 3.63) is 46.8 Å². The molecule has 2 rings (SSSR count). The molecule has 6 nitrogen and oxygen atoms in total. The average Bonchev–Trinajstić information content (AvgIpc) is 2.67.